The van der Waals surface area contributed by atoms with Crippen molar-refractivity contribution in [2.75, 3.05) is 13.2 Å². The van der Waals surface area contributed by atoms with Crippen molar-refractivity contribution in [3.05, 3.63) is 33.9 Å². The van der Waals surface area contributed by atoms with Gasteiger partial charge in [0.1, 0.15) is 0 Å². The van der Waals surface area contributed by atoms with E-state index in [0.717, 1.165) is 0 Å². The molecule has 18 heavy (non-hydrogen) atoms. The molecule has 6 heteroatoms. The smallest absolute Gasteiger partial charge is 0.311 e. The molecule has 0 saturated heterocycles. The van der Waals surface area contributed by atoms with E-state index in [9.17, 15) is 14.9 Å². The predicted octanol–water partition coefficient (Wildman–Crippen LogP) is 1.92. The molecule has 0 aromatic heterocycles. The minimum atomic E-state index is -0.551. The molecule has 0 bridgehead atoms. The normalized spacial score (nSPS) is 10.1. The first-order valence-electron chi connectivity index (χ1n) is 5.74. The number of hydrogen-bond donors (Lipinski definition) is 1. The average Bonchev–Trinajstić information content (AvgIpc) is 2.36. The molecule has 0 unspecified atom stereocenters. The third-order valence-corrected chi connectivity index (χ3v) is 2.39. The number of nitro groups is 1. The number of carbonyl (C=O) groups excluding carboxylic acids is 1. The number of ketones is 1. The average molecular weight is 252 g/mol. The summed E-state index contributed by atoms with van der Waals surface area (Å²) in [4.78, 5) is 22.1. The van der Waals surface area contributed by atoms with Crippen LogP contribution in [0.1, 0.15) is 30.1 Å². The lowest BCUT2D eigenvalue weighted by Gasteiger charge is -2.06. The summed E-state index contributed by atoms with van der Waals surface area (Å²) in [5.41, 5.74) is 5.45. The summed E-state index contributed by atoms with van der Waals surface area (Å²) in [6.07, 6.45) is 0.863. The molecule has 98 valence electrons. The Hall–Kier alpha value is -1.95. The molecule has 0 atom stereocenters. The topological polar surface area (TPSA) is 95.5 Å². The number of benzene rings is 1. The number of Topliss-reactive ketones (excluding diaryl/α,β-unsaturated/α-hetero) is 1. The number of nitrogens with two attached hydrogens (primary N) is 1. The number of nitro benzene ring substituents is 1. The van der Waals surface area contributed by atoms with Gasteiger partial charge in [-0.15, -0.1) is 0 Å². The van der Waals surface area contributed by atoms with Gasteiger partial charge < -0.3 is 10.5 Å². The highest BCUT2D eigenvalue weighted by Crippen LogP contribution is 2.28. The van der Waals surface area contributed by atoms with E-state index in [0.29, 0.717) is 31.6 Å². The van der Waals surface area contributed by atoms with Crippen molar-refractivity contribution in [3.63, 3.8) is 0 Å². The van der Waals surface area contributed by atoms with Crippen LogP contribution in [0.25, 0.3) is 0 Å². The molecule has 1 rings (SSSR count). The van der Waals surface area contributed by atoms with E-state index in [-0.39, 0.29) is 17.2 Å². The summed E-state index contributed by atoms with van der Waals surface area (Å²) in [5.74, 6) is 0.0319. The van der Waals surface area contributed by atoms with Gasteiger partial charge in [0.2, 0.25) is 0 Å². The molecular formula is C12H16N2O4. The summed E-state index contributed by atoms with van der Waals surface area (Å²) >= 11 is 0. The molecule has 0 radical (unpaired) electrons. The second kappa shape index (κ2) is 6.70. The Morgan fingerprint density at radius 1 is 1.50 bits per heavy atom. The SMILES string of the molecule is CCOc1ccc(C(=O)CCCN)cc1[N+](=O)[O-]. The van der Waals surface area contributed by atoms with E-state index in [1.54, 1.807) is 6.92 Å². The predicted molar refractivity (Wildman–Crippen MR) is 66.9 cm³/mol. The summed E-state index contributed by atoms with van der Waals surface area (Å²) < 4.78 is 5.14. The number of ether oxygens (including phenoxy) is 1. The van der Waals surface area contributed by atoms with Crippen molar-refractivity contribution in [2.24, 2.45) is 5.73 Å². The minimum absolute atomic E-state index is 0.147. The van der Waals surface area contributed by atoms with Gasteiger partial charge in [0, 0.05) is 18.1 Å². The van der Waals surface area contributed by atoms with Crippen LogP contribution in [0.4, 0.5) is 5.69 Å². The van der Waals surface area contributed by atoms with Gasteiger partial charge >= 0.3 is 5.69 Å². The van der Waals surface area contributed by atoms with Gasteiger partial charge in [-0.2, -0.15) is 0 Å². The number of carbonyl (C=O) groups is 1. The van der Waals surface area contributed by atoms with E-state index < -0.39 is 4.92 Å². The van der Waals surface area contributed by atoms with Crippen molar-refractivity contribution in [2.45, 2.75) is 19.8 Å². The fraction of sp³-hybridized carbons (Fsp3) is 0.417. The second-order valence-corrected chi connectivity index (χ2v) is 3.69. The van der Waals surface area contributed by atoms with Crippen molar-refractivity contribution in [1.82, 2.24) is 0 Å². The maximum Gasteiger partial charge on any atom is 0.311 e. The number of rotatable bonds is 7. The van der Waals surface area contributed by atoms with Gasteiger partial charge in [-0.1, -0.05) is 0 Å². The van der Waals surface area contributed by atoms with Crippen LogP contribution in [-0.4, -0.2) is 23.9 Å². The van der Waals surface area contributed by atoms with Crippen LogP contribution in [0.15, 0.2) is 18.2 Å². The van der Waals surface area contributed by atoms with Crippen LogP contribution in [0.2, 0.25) is 0 Å². The van der Waals surface area contributed by atoms with Crippen LogP contribution < -0.4 is 10.5 Å². The van der Waals surface area contributed by atoms with E-state index in [1.165, 1.54) is 18.2 Å². The third kappa shape index (κ3) is 3.53. The first-order valence-corrected chi connectivity index (χ1v) is 5.74. The first kappa shape index (κ1) is 14.1. The lowest BCUT2D eigenvalue weighted by Crippen LogP contribution is -2.06. The van der Waals surface area contributed by atoms with Crippen LogP contribution in [0.5, 0.6) is 5.75 Å². The lowest BCUT2D eigenvalue weighted by molar-refractivity contribution is -0.385. The third-order valence-electron chi connectivity index (χ3n) is 2.39. The zero-order valence-corrected chi connectivity index (χ0v) is 10.2. The fourth-order valence-electron chi connectivity index (χ4n) is 1.52. The highest BCUT2D eigenvalue weighted by atomic mass is 16.6. The zero-order chi connectivity index (χ0) is 13.5. The number of nitrogens with zero attached hydrogens (tertiary/aromatic N) is 1. The molecule has 0 heterocycles. The molecule has 0 amide bonds. The molecule has 1 aromatic rings. The Balaban J connectivity index is 2.99. The maximum atomic E-state index is 11.7. The van der Waals surface area contributed by atoms with Gasteiger partial charge in [0.15, 0.2) is 11.5 Å². The van der Waals surface area contributed by atoms with Crippen molar-refractivity contribution in [3.8, 4) is 5.75 Å². The van der Waals surface area contributed by atoms with Gasteiger partial charge in [-0.3, -0.25) is 14.9 Å². The van der Waals surface area contributed by atoms with Crippen LogP contribution >= 0.6 is 0 Å². The van der Waals surface area contributed by atoms with Gasteiger partial charge in [-0.05, 0) is 32.0 Å². The summed E-state index contributed by atoms with van der Waals surface area (Å²) in [6, 6.07) is 4.25. The second-order valence-electron chi connectivity index (χ2n) is 3.69. The van der Waals surface area contributed by atoms with Crippen molar-refractivity contribution < 1.29 is 14.5 Å². The molecule has 0 aliphatic heterocycles. The zero-order valence-electron chi connectivity index (χ0n) is 10.2. The highest BCUT2D eigenvalue weighted by Gasteiger charge is 2.18. The molecule has 2 N–H and O–H groups in total. The minimum Gasteiger partial charge on any atom is -0.487 e. The quantitative estimate of drug-likeness (QED) is 0.454. The summed E-state index contributed by atoms with van der Waals surface area (Å²) in [5, 5.41) is 10.9. The lowest BCUT2D eigenvalue weighted by atomic mass is 10.1. The first-order chi connectivity index (χ1) is 8.60. The molecule has 0 saturated carbocycles. The molecule has 0 spiro atoms. The Kier molecular flexibility index (Phi) is 5.26. The molecule has 0 fully saturated rings. The highest BCUT2D eigenvalue weighted by molar-refractivity contribution is 5.96. The maximum absolute atomic E-state index is 11.7. The standard InChI is InChI=1S/C12H16N2O4/c1-2-18-12-6-5-9(8-10(12)14(16)17)11(15)4-3-7-13/h5-6,8H,2-4,7,13H2,1H3. The Morgan fingerprint density at radius 2 is 2.22 bits per heavy atom. The van der Waals surface area contributed by atoms with Gasteiger partial charge in [0.05, 0.1) is 11.5 Å². The monoisotopic (exact) mass is 252 g/mol. The van der Waals surface area contributed by atoms with E-state index in [2.05, 4.69) is 0 Å². The van der Waals surface area contributed by atoms with Gasteiger partial charge in [-0.25, -0.2) is 0 Å². The van der Waals surface area contributed by atoms with Crippen LogP contribution in [0.3, 0.4) is 0 Å². The largest absolute Gasteiger partial charge is 0.487 e. The molecule has 6 nitrogen and oxygen atoms in total. The number of hydrogen-bond acceptors (Lipinski definition) is 5. The van der Waals surface area contributed by atoms with E-state index in [4.69, 9.17) is 10.5 Å². The summed E-state index contributed by atoms with van der Waals surface area (Å²) in [6.45, 7) is 2.50. The van der Waals surface area contributed by atoms with Crippen molar-refractivity contribution >= 4 is 11.5 Å². The molecular weight excluding hydrogens is 236 g/mol. The van der Waals surface area contributed by atoms with Crippen molar-refractivity contribution in [1.29, 1.82) is 0 Å². The van der Waals surface area contributed by atoms with E-state index >= 15 is 0 Å². The fourth-order valence-corrected chi connectivity index (χ4v) is 1.52. The Morgan fingerprint density at radius 3 is 2.78 bits per heavy atom. The summed E-state index contributed by atoms with van der Waals surface area (Å²) in [7, 11) is 0. The molecule has 0 aliphatic rings. The van der Waals surface area contributed by atoms with Crippen LogP contribution in [0, 0.1) is 10.1 Å². The molecule has 0 aliphatic carbocycles. The van der Waals surface area contributed by atoms with E-state index in [1.807, 2.05) is 0 Å². The Labute approximate surface area is 105 Å². The molecule has 1 aromatic carbocycles. The Bertz CT molecular complexity index is 446. The van der Waals surface area contributed by atoms with Crippen LogP contribution in [-0.2, 0) is 0 Å². The van der Waals surface area contributed by atoms with Gasteiger partial charge in [0.25, 0.3) is 0 Å².